The van der Waals surface area contributed by atoms with Crippen LogP contribution in [0.5, 0.6) is 0 Å². The molecule has 0 saturated carbocycles. The SMILES string of the molecule is CC(O)C1(C(=O)N[C@H](C(O)N2CCCC2)[C@@H](C)OCc2ccccc2)CCCN1C(=O)OC(C)(C)C. The Morgan fingerprint density at radius 3 is 2.28 bits per heavy atom. The third kappa shape index (κ3) is 6.56. The number of carbonyl (C=O) groups is 2. The minimum Gasteiger partial charge on any atom is -0.444 e. The highest BCUT2D eigenvalue weighted by Gasteiger charge is 2.55. The lowest BCUT2D eigenvalue weighted by molar-refractivity contribution is -0.144. The number of ether oxygens (including phenoxy) is 2. The number of hydrogen-bond acceptors (Lipinski definition) is 7. The van der Waals surface area contributed by atoms with E-state index in [1.165, 1.54) is 11.8 Å². The molecule has 0 spiro atoms. The van der Waals surface area contributed by atoms with Crippen molar-refractivity contribution < 1.29 is 29.3 Å². The molecule has 2 amide bonds. The summed E-state index contributed by atoms with van der Waals surface area (Å²) in [5.41, 5.74) is -1.25. The standard InChI is InChI=1S/C27H43N3O6/c1-19(35-18-21-12-7-6-8-13-21)22(23(32)29-15-9-10-16-29)28-24(33)27(20(2)31)14-11-17-30(27)25(34)36-26(3,4)5/h6-8,12-13,19-20,22-23,31-32H,9-11,14-18H2,1-5H3,(H,28,33)/t19-,20?,22+,23?,27?/m1/s1. The molecule has 2 aliphatic rings. The molecule has 9 heteroatoms. The van der Waals surface area contributed by atoms with Crippen molar-refractivity contribution in [2.24, 2.45) is 0 Å². The Morgan fingerprint density at radius 1 is 1.06 bits per heavy atom. The maximum Gasteiger partial charge on any atom is 0.411 e. The second-order valence-electron chi connectivity index (χ2n) is 11.0. The van der Waals surface area contributed by atoms with E-state index in [0.717, 1.165) is 31.5 Å². The van der Waals surface area contributed by atoms with Gasteiger partial charge in [0.25, 0.3) is 0 Å². The summed E-state index contributed by atoms with van der Waals surface area (Å²) in [6.07, 6.45) is -0.490. The molecule has 3 rings (SSSR count). The molecule has 2 saturated heterocycles. The molecule has 0 aromatic heterocycles. The molecule has 1 aromatic carbocycles. The van der Waals surface area contributed by atoms with E-state index in [1.54, 1.807) is 20.8 Å². The van der Waals surface area contributed by atoms with Gasteiger partial charge in [-0.25, -0.2) is 4.79 Å². The lowest BCUT2D eigenvalue weighted by Gasteiger charge is -2.42. The molecule has 9 nitrogen and oxygen atoms in total. The second-order valence-corrected chi connectivity index (χ2v) is 11.0. The molecular formula is C27H43N3O6. The Bertz CT molecular complexity index is 868. The van der Waals surface area contributed by atoms with Crippen molar-refractivity contribution in [1.29, 1.82) is 0 Å². The van der Waals surface area contributed by atoms with Crippen molar-refractivity contribution in [1.82, 2.24) is 15.1 Å². The van der Waals surface area contributed by atoms with E-state index in [-0.39, 0.29) is 0 Å². The fraction of sp³-hybridized carbons (Fsp3) is 0.704. The predicted molar refractivity (Wildman–Crippen MR) is 136 cm³/mol. The molecule has 5 atom stereocenters. The zero-order valence-corrected chi connectivity index (χ0v) is 22.3. The van der Waals surface area contributed by atoms with Gasteiger partial charge in [0.1, 0.15) is 11.8 Å². The van der Waals surface area contributed by atoms with Crippen molar-refractivity contribution in [3.8, 4) is 0 Å². The van der Waals surface area contributed by atoms with Gasteiger partial charge in [0, 0.05) is 19.6 Å². The molecule has 36 heavy (non-hydrogen) atoms. The van der Waals surface area contributed by atoms with Crippen molar-refractivity contribution in [3.05, 3.63) is 35.9 Å². The first-order valence-electron chi connectivity index (χ1n) is 13.0. The average Bonchev–Trinajstić information content (AvgIpc) is 3.51. The quantitative estimate of drug-likeness (QED) is 0.473. The smallest absolute Gasteiger partial charge is 0.411 e. The van der Waals surface area contributed by atoms with Gasteiger partial charge in [-0.2, -0.15) is 0 Å². The van der Waals surface area contributed by atoms with Crippen LogP contribution in [-0.2, 0) is 20.9 Å². The highest BCUT2D eigenvalue weighted by Crippen LogP contribution is 2.35. The number of nitrogens with one attached hydrogen (secondary N) is 1. The Morgan fingerprint density at radius 2 is 1.69 bits per heavy atom. The lowest BCUT2D eigenvalue weighted by atomic mass is 9.88. The van der Waals surface area contributed by atoms with Gasteiger partial charge in [0.05, 0.1) is 24.9 Å². The maximum atomic E-state index is 13.9. The molecule has 3 N–H and O–H groups in total. The Balaban J connectivity index is 1.83. The predicted octanol–water partition coefficient (Wildman–Crippen LogP) is 2.64. The van der Waals surface area contributed by atoms with E-state index in [9.17, 15) is 19.8 Å². The van der Waals surface area contributed by atoms with Crippen LogP contribution in [0.1, 0.15) is 65.9 Å². The molecule has 0 aliphatic carbocycles. The van der Waals surface area contributed by atoms with E-state index in [2.05, 4.69) is 5.32 Å². The summed E-state index contributed by atoms with van der Waals surface area (Å²) >= 11 is 0. The minimum absolute atomic E-state index is 0.293. The van der Waals surface area contributed by atoms with Gasteiger partial charge < -0.3 is 25.0 Å². The van der Waals surface area contributed by atoms with Gasteiger partial charge in [0.15, 0.2) is 5.54 Å². The highest BCUT2D eigenvalue weighted by atomic mass is 16.6. The number of aliphatic hydroxyl groups excluding tert-OH is 2. The summed E-state index contributed by atoms with van der Waals surface area (Å²) in [5, 5.41) is 25.1. The van der Waals surface area contributed by atoms with Crippen LogP contribution in [-0.4, -0.2) is 87.3 Å². The fourth-order valence-corrected chi connectivity index (χ4v) is 5.12. The summed E-state index contributed by atoms with van der Waals surface area (Å²) in [6, 6.07) is 8.93. The van der Waals surface area contributed by atoms with Crippen LogP contribution in [0.25, 0.3) is 0 Å². The normalized spacial score (nSPS) is 24.2. The zero-order valence-electron chi connectivity index (χ0n) is 22.3. The van der Waals surface area contributed by atoms with Gasteiger partial charge in [-0.1, -0.05) is 30.3 Å². The van der Waals surface area contributed by atoms with Crippen LogP contribution in [0.3, 0.4) is 0 Å². The summed E-state index contributed by atoms with van der Waals surface area (Å²) in [7, 11) is 0. The molecule has 0 radical (unpaired) electrons. The summed E-state index contributed by atoms with van der Waals surface area (Å²) in [4.78, 5) is 30.2. The first kappa shape index (κ1) is 28.4. The number of benzene rings is 1. The van der Waals surface area contributed by atoms with Crippen LogP contribution >= 0.6 is 0 Å². The molecule has 1 aromatic rings. The van der Waals surface area contributed by atoms with Gasteiger partial charge in [-0.05, 0) is 65.9 Å². The Hall–Kier alpha value is -2.20. The Kier molecular flexibility index (Phi) is 9.38. The number of rotatable bonds is 9. The van der Waals surface area contributed by atoms with Crippen LogP contribution in [0.2, 0.25) is 0 Å². The third-order valence-electron chi connectivity index (χ3n) is 7.11. The number of nitrogens with zero attached hydrogens (tertiary/aromatic N) is 2. The molecule has 3 unspecified atom stereocenters. The van der Waals surface area contributed by atoms with Gasteiger partial charge >= 0.3 is 6.09 Å². The second kappa shape index (κ2) is 11.9. The maximum absolute atomic E-state index is 13.9. The van der Waals surface area contributed by atoms with Crippen LogP contribution < -0.4 is 5.32 Å². The van der Waals surface area contributed by atoms with E-state index < -0.39 is 47.6 Å². The fourth-order valence-electron chi connectivity index (χ4n) is 5.12. The molecule has 2 fully saturated rings. The topological polar surface area (TPSA) is 112 Å². The average molecular weight is 506 g/mol. The molecular weight excluding hydrogens is 462 g/mol. The first-order chi connectivity index (χ1) is 17.0. The zero-order chi connectivity index (χ0) is 26.5. The number of likely N-dealkylation sites (tertiary alicyclic amines) is 2. The van der Waals surface area contributed by atoms with E-state index in [0.29, 0.717) is 26.0 Å². The summed E-state index contributed by atoms with van der Waals surface area (Å²) < 4.78 is 11.7. The molecule has 2 aliphatic heterocycles. The molecule has 202 valence electrons. The molecule has 2 heterocycles. The van der Waals surface area contributed by atoms with Gasteiger partial charge in [-0.15, -0.1) is 0 Å². The van der Waals surface area contributed by atoms with Crippen LogP contribution in [0, 0.1) is 0 Å². The first-order valence-corrected chi connectivity index (χ1v) is 13.0. The largest absolute Gasteiger partial charge is 0.444 e. The number of carbonyl (C=O) groups excluding carboxylic acids is 2. The summed E-state index contributed by atoms with van der Waals surface area (Å²) in [5.74, 6) is -0.515. The number of aliphatic hydroxyl groups is 2. The molecule has 0 bridgehead atoms. The van der Waals surface area contributed by atoms with Crippen LogP contribution in [0.15, 0.2) is 30.3 Å². The lowest BCUT2D eigenvalue weighted by Crippen LogP contribution is -2.67. The van der Waals surface area contributed by atoms with E-state index in [1.807, 2.05) is 42.2 Å². The minimum atomic E-state index is -1.50. The van der Waals surface area contributed by atoms with Crippen LogP contribution in [0.4, 0.5) is 4.79 Å². The van der Waals surface area contributed by atoms with Gasteiger partial charge in [0.2, 0.25) is 5.91 Å². The Labute approximate surface area is 214 Å². The van der Waals surface area contributed by atoms with Gasteiger partial charge in [-0.3, -0.25) is 14.6 Å². The number of hydrogen-bond donors (Lipinski definition) is 3. The van der Waals surface area contributed by atoms with Crippen molar-refractivity contribution >= 4 is 12.0 Å². The third-order valence-corrected chi connectivity index (χ3v) is 7.11. The van der Waals surface area contributed by atoms with E-state index >= 15 is 0 Å². The van der Waals surface area contributed by atoms with Crippen molar-refractivity contribution in [3.63, 3.8) is 0 Å². The monoisotopic (exact) mass is 505 g/mol. The number of amides is 2. The van der Waals surface area contributed by atoms with Crippen molar-refractivity contribution in [2.45, 2.75) is 103 Å². The highest BCUT2D eigenvalue weighted by molar-refractivity contribution is 5.91. The van der Waals surface area contributed by atoms with E-state index in [4.69, 9.17) is 9.47 Å². The van der Waals surface area contributed by atoms with Crippen molar-refractivity contribution in [2.75, 3.05) is 19.6 Å². The summed E-state index contributed by atoms with van der Waals surface area (Å²) in [6.45, 7) is 10.7.